The normalized spacial score (nSPS) is 15.7. The van der Waals surface area contributed by atoms with E-state index in [4.69, 9.17) is 0 Å². The number of alkyl halides is 3. The van der Waals surface area contributed by atoms with Gasteiger partial charge in [0.2, 0.25) is 5.82 Å². The summed E-state index contributed by atoms with van der Waals surface area (Å²) in [5, 5.41) is 23.9. The van der Waals surface area contributed by atoms with Crippen LogP contribution in [0.25, 0.3) is 17.2 Å². The zero-order valence-electron chi connectivity index (χ0n) is 18.0. The average Bonchev–Trinajstić information content (AvgIpc) is 3.40. The van der Waals surface area contributed by atoms with Gasteiger partial charge in [-0.1, -0.05) is 23.8 Å². The summed E-state index contributed by atoms with van der Waals surface area (Å²) in [6, 6.07) is 1.96. The number of likely N-dealkylation sites (tertiary alicyclic amines) is 1. The number of carbonyl (C=O) groups excluding carboxylic acids is 1. The lowest BCUT2D eigenvalue weighted by Crippen LogP contribution is -2.68. The molecule has 1 aliphatic rings. The minimum absolute atomic E-state index is 0.110. The highest BCUT2D eigenvalue weighted by Crippen LogP contribution is 2.34. The van der Waals surface area contributed by atoms with E-state index in [9.17, 15) is 32.3 Å². The third kappa shape index (κ3) is 4.94. The molecule has 3 aromatic rings. The lowest BCUT2D eigenvalue weighted by Gasteiger charge is -2.44. The summed E-state index contributed by atoms with van der Waals surface area (Å²) in [4.78, 5) is 26.3. The fourth-order valence-electron chi connectivity index (χ4n) is 3.45. The molecular formula is C19H18F4N6O5S. The minimum atomic E-state index is -5.00. The molecule has 0 atom stereocenters. The van der Waals surface area contributed by atoms with Gasteiger partial charge in [0.15, 0.2) is 16.3 Å². The molecule has 2 N–H and O–H groups in total. The number of β-amino-alcohol motifs (C(OH)–C–C–N with tert-alkyl or cyclic N) is 1. The molecule has 16 heteroatoms. The standard InChI is InChI=1S/C19H18F4N6O5S/c1-2-28-8-18(32,9-28)16(30)24-5-6-35-15-13(25-34-27-15)14-26-33-17(31)29(14)10-3-4-12(20)11(7-10)19(21,22)23/h3-4,7,32H,2,5-6,8-9H2,1H3,(H,24,30). The van der Waals surface area contributed by atoms with Gasteiger partial charge < -0.3 is 10.4 Å². The molecule has 1 aliphatic heterocycles. The Kier molecular flexibility index (Phi) is 6.70. The Labute approximate surface area is 198 Å². The van der Waals surface area contributed by atoms with Crippen LogP contribution in [0.3, 0.4) is 0 Å². The Morgan fingerprint density at radius 1 is 1.29 bits per heavy atom. The number of thioether (sulfide) groups is 1. The van der Waals surface area contributed by atoms with Crippen LogP contribution < -0.4 is 11.1 Å². The molecule has 2 aromatic heterocycles. The first-order chi connectivity index (χ1) is 16.5. The number of rotatable bonds is 8. The topological polar surface area (TPSA) is 140 Å². The van der Waals surface area contributed by atoms with Crippen LogP contribution in [0.15, 0.2) is 37.2 Å². The Morgan fingerprint density at radius 3 is 2.71 bits per heavy atom. The zero-order valence-corrected chi connectivity index (χ0v) is 18.8. The Morgan fingerprint density at radius 2 is 2.03 bits per heavy atom. The van der Waals surface area contributed by atoms with Crippen LogP contribution in [0.2, 0.25) is 0 Å². The van der Waals surface area contributed by atoms with E-state index in [1.165, 1.54) is 0 Å². The molecule has 0 unspecified atom stereocenters. The molecule has 188 valence electrons. The summed E-state index contributed by atoms with van der Waals surface area (Å²) in [5.74, 6) is -3.23. The average molecular weight is 518 g/mol. The number of hydrogen-bond acceptors (Lipinski definition) is 10. The van der Waals surface area contributed by atoms with E-state index in [-0.39, 0.29) is 47.6 Å². The van der Waals surface area contributed by atoms with Gasteiger partial charge in [-0.25, -0.2) is 18.4 Å². The van der Waals surface area contributed by atoms with E-state index in [2.05, 4.69) is 29.9 Å². The number of benzene rings is 1. The molecular weight excluding hydrogens is 500 g/mol. The van der Waals surface area contributed by atoms with Crippen LogP contribution >= 0.6 is 11.8 Å². The molecule has 0 bridgehead atoms. The number of likely N-dealkylation sites (N-methyl/N-ethyl adjacent to an activating group) is 1. The first-order valence-electron chi connectivity index (χ1n) is 10.2. The smallest absolute Gasteiger partial charge is 0.377 e. The van der Waals surface area contributed by atoms with E-state index >= 15 is 0 Å². The second-order valence-corrected chi connectivity index (χ2v) is 8.71. The van der Waals surface area contributed by atoms with Crippen LogP contribution in [0, 0.1) is 5.82 Å². The van der Waals surface area contributed by atoms with Crippen LogP contribution in [0.5, 0.6) is 0 Å². The van der Waals surface area contributed by atoms with Crippen molar-refractivity contribution in [3.8, 4) is 17.2 Å². The van der Waals surface area contributed by atoms with Gasteiger partial charge in [0.05, 0.1) is 11.3 Å². The quantitative estimate of drug-likeness (QED) is 0.255. The maximum absolute atomic E-state index is 13.7. The van der Waals surface area contributed by atoms with Crippen molar-refractivity contribution in [2.75, 3.05) is 31.9 Å². The lowest BCUT2D eigenvalue weighted by atomic mass is 9.93. The molecule has 0 aliphatic carbocycles. The molecule has 35 heavy (non-hydrogen) atoms. The Hall–Kier alpha value is -3.24. The molecule has 1 saturated heterocycles. The van der Waals surface area contributed by atoms with Crippen molar-refractivity contribution in [2.45, 2.75) is 23.7 Å². The number of halogens is 4. The van der Waals surface area contributed by atoms with Crippen molar-refractivity contribution < 1.29 is 36.6 Å². The molecule has 1 fully saturated rings. The van der Waals surface area contributed by atoms with Crippen molar-refractivity contribution in [2.24, 2.45) is 0 Å². The number of carbonyl (C=O) groups is 1. The molecule has 3 heterocycles. The summed E-state index contributed by atoms with van der Waals surface area (Å²) in [6.45, 7) is 3.25. The lowest BCUT2D eigenvalue weighted by molar-refractivity contribution is -0.158. The summed E-state index contributed by atoms with van der Waals surface area (Å²) in [5.41, 5.74) is -3.49. The van der Waals surface area contributed by atoms with Gasteiger partial charge in [0, 0.05) is 25.4 Å². The van der Waals surface area contributed by atoms with Gasteiger partial charge in [0.25, 0.3) is 5.91 Å². The molecule has 0 saturated carbocycles. The summed E-state index contributed by atoms with van der Waals surface area (Å²) in [7, 11) is 0. The summed E-state index contributed by atoms with van der Waals surface area (Å²) < 4.78 is 63.0. The Balaban J connectivity index is 1.48. The molecule has 0 spiro atoms. The molecule has 1 amide bonds. The predicted molar refractivity (Wildman–Crippen MR) is 111 cm³/mol. The van der Waals surface area contributed by atoms with Crippen molar-refractivity contribution in [1.82, 2.24) is 30.3 Å². The van der Waals surface area contributed by atoms with Crippen molar-refractivity contribution in [3.63, 3.8) is 0 Å². The van der Waals surface area contributed by atoms with Crippen molar-refractivity contribution >= 4 is 17.7 Å². The highest BCUT2D eigenvalue weighted by Gasteiger charge is 2.46. The SMILES string of the molecule is CCN1CC(O)(C(=O)NCCSc2nonc2-c2noc(=O)n2-c2ccc(F)c(C(F)(F)F)c2)C1. The first kappa shape index (κ1) is 24.9. The van der Waals surface area contributed by atoms with Crippen molar-refractivity contribution in [3.05, 3.63) is 40.1 Å². The number of nitrogens with zero attached hydrogens (tertiary/aromatic N) is 5. The van der Waals surface area contributed by atoms with Crippen molar-refractivity contribution in [1.29, 1.82) is 0 Å². The van der Waals surface area contributed by atoms with Crippen LogP contribution in [-0.2, 0) is 11.0 Å². The molecule has 0 radical (unpaired) electrons. The van der Waals surface area contributed by atoms with E-state index in [1.54, 1.807) is 0 Å². The predicted octanol–water partition coefficient (Wildman–Crippen LogP) is 1.31. The van der Waals surface area contributed by atoms with Gasteiger partial charge in [-0.15, -0.1) is 0 Å². The monoisotopic (exact) mass is 518 g/mol. The van der Waals surface area contributed by atoms with E-state index in [1.807, 2.05) is 11.8 Å². The third-order valence-electron chi connectivity index (χ3n) is 5.25. The fourth-order valence-corrected chi connectivity index (χ4v) is 4.19. The minimum Gasteiger partial charge on any atom is -0.377 e. The van der Waals surface area contributed by atoms with Gasteiger partial charge in [-0.05, 0) is 35.1 Å². The van der Waals surface area contributed by atoms with E-state index in [0.717, 1.165) is 24.4 Å². The molecule has 11 nitrogen and oxygen atoms in total. The number of aliphatic hydroxyl groups is 1. The van der Waals surface area contributed by atoms with E-state index < -0.39 is 34.8 Å². The maximum Gasteiger partial charge on any atom is 0.446 e. The third-order valence-corrected chi connectivity index (χ3v) is 6.20. The number of aromatic nitrogens is 4. The number of hydrogen-bond donors (Lipinski definition) is 2. The zero-order chi connectivity index (χ0) is 25.4. The highest BCUT2D eigenvalue weighted by molar-refractivity contribution is 7.99. The van der Waals surface area contributed by atoms with Crippen LogP contribution in [-0.4, -0.2) is 73.5 Å². The second-order valence-electron chi connectivity index (χ2n) is 7.63. The van der Waals surface area contributed by atoms with Crippen LogP contribution in [0.4, 0.5) is 17.6 Å². The second kappa shape index (κ2) is 9.43. The fraction of sp³-hybridized carbons (Fsp3) is 0.421. The molecule has 4 rings (SSSR count). The number of nitrogens with one attached hydrogen (secondary N) is 1. The maximum atomic E-state index is 13.7. The summed E-state index contributed by atoms with van der Waals surface area (Å²) >= 11 is 1.04. The van der Waals surface area contributed by atoms with Crippen LogP contribution in [0.1, 0.15) is 12.5 Å². The van der Waals surface area contributed by atoms with Gasteiger partial charge in [-0.2, -0.15) is 13.2 Å². The summed E-state index contributed by atoms with van der Waals surface area (Å²) in [6.07, 6.45) is -5.00. The molecule has 1 aromatic carbocycles. The Bertz CT molecular complexity index is 1280. The first-order valence-corrected chi connectivity index (χ1v) is 11.2. The highest BCUT2D eigenvalue weighted by atomic mass is 32.2. The van der Waals surface area contributed by atoms with E-state index in [0.29, 0.717) is 16.7 Å². The largest absolute Gasteiger partial charge is 0.446 e. The van der Waals surface area contributed by atoms with Gasteiger partial charge in [0.1, 0.15) is 5.82 Å². The van der Waals surface area contributed by atoms with Gasteiger partial charge in [-0.3, -0.25) is 14.2 Å². The number of amides is 1. The van der Waals surface area contributed by atoms with Gasteiger partial charge >= 0.3 is 11.9 Å².